The van der Waals surface area contributed by atoms with Gasteiger partial charge in [-0.05, 0) is 37.6 Å². The molecule has 0 aliphatic carbocycles. The fourth-order valence-corrected chi connectivity index (χ4v) is 2.14. The van der Waals surface area contributed by atoms with Gasteiger partial charge < -0.3 is 15.0 Å². The first-order valence-corrected chi connectivity index (χ1v) is 8.21. The predicted octanol–water partition coefficient (Wildman–Crippen LogP) is 3.36. The molecule has 1 aromatic heterocycles. The molecule has 0 aliphatic heterocycles. The fraction of sp³-hybridized carbons (Fsp3) is 0.389. The topological polar surface area (TPSA) is 67.4 Å². The number of rotatable bonds is 8. The van der Waals surface area contributed by atoms with Gasteiger partial charge >= 0.3 is 0 Å². The average Bonchev–Trinajstić information content (AvgIpc) is 2.61. The molecule has 24 heavy (non-hydrogen) atoms. The molecule has 0 fully saturated rings. The van der Waals surface area contributed by atoms with Crippen LogP contribution in [0.1, 0.15) is 37.0 Å². The maximum absolute atomic E-state index is 12.2. The van der Waals surface area contributed by atoms with Gasteiger partial charge in [0.25, 0.3) is 5.91 Å². The summed E-state index contributed by atoms with van der Waals surface area (Å²) in [5, 5.41) is 2.82. The molecule has 0 atom stereocenters. The van der Waals surface area contributed by atoms with Crippen molar-refractivity contribution in [3.63, 3.8) is 0 Å². The van der Waals surface area contributed by atoms with E-state index in [1.54, 1.807) is 24.5 Å². The number of nitrogens with one attached hydrogen (secondary N) is 1. The number of ether oxygens (including phenoxy) is 1. The van der Waals surface area contributed by atoms with E-state index in [4.69, 9.17) is 4.74 Å². The van der Waals surface area contributed by atoms with Gasteiger partial charge in [-0.3, -0.25) is 4.79 Å². The minimum atomic E-state index is -0.234. The van der Waals surface area contributed by atoms with Crippen molar-refractivity contribution in [3.8, 4) is 5.75 Å². The smallest absolute Gasteiger partial charge is 0.258 e. The molecule has 0 saturated carbocycles. The molecule has 1 aromatic carbocycles. The number of hydrogen-bond acceptors (Lipinski definition) is 5. The number of amides is 1. The summed E-state index contributed by atoms with van der Waals surface area (Å²) in [6.07, 6.45) is 5.30. The molecule has 2 aromatic rings. The molecule has 0 unspecified atom stereocenters. The Morgan fingerprint density at radius 3 is 2.42 bits per heavy atom. The van der Waals surface area contributed by atoms with E-state index < -0.39 is 0 Å². The lowest BCUT2D eigenvalue weighted by Gasteiger charge is -2.16. The predicted molar refractivity (Wildman–Crippen MR) is 95.8 cm³/mol. The maximum Gasteiger partial charge on any atom is 0.258 e. The number of unbranched alkanes of at least 4 members (excludes halogenated alkanes) is 1. The standard InChI is InChI=1S/C18H24N4O2/c1-4-6-11-22(3)18-19-12-14(13-20-18)17(23)21-15-7-9-16(10-8-15)24-5-2/h7-10,12-13H,4-6,11H2,1-3H3,(H,21,23). The SMILES string of the molecule is CCCCN(C)c1ncc(C(=O)Nc2ccc(OCC)cc2)cn1. The molecule has 6 heteroatoms. The van der Waals surface area contributed by atoms with E-state index in [-0.39, 0.29) is 5.91 Å². The second kappa shape index (κ2) is 8.86. The lowest BCUT2D eigenvalue weighted by molar-refractivity contribution is 0.102. The molecular formula is C18H24N4O2. The van der Waals surface area contributed by atoms with E-state index in [9.17, 15) is 4.79 Å². The van der Waals surface area contributed by atoms with Gasteiger partial charge in [0.1, 0.15) is 5.75 Å². The van der Waals surface area contributed by atoms with Gasteiger partial charge in [-0.15, -0.1) is 0 Å². The minimum absolute atomic E-state index is 0.234. The van der Waals surface area contributed by atoms with Crippen LogP contribution in [0.3, 0.4) is 0 Å². The summed E-state index contributed by atoms with van der Waals surface area (Å²) in [5.74, 6) is 1.17. The first kappa shape index (κ1) is 17.7. The molecule has 0 bridgehead atoms. The van der Waals surface area contributed by atoms with Crippen molar-refractivity contribution in [2.24, 2.45) is 0 Å². The Bertz CT molecular complexity index is 641. The highest BCUT2D eigenvalue weighted by Crippen LogP contribution is 2.16. The van der Waals surface area contributed by atoms with Crippen molar-refractivity contribution in [1.82, 2.24) is 9.97 Å². The van der Waals surface area contributed by atoms with Gasteiger partial charge in [-0.1, -0.05) is 13.3 Å². The number of nitrogens with zero attached hydrogens (tertiary/aromatic N) is 3. The van der Waals surface area contributed by atoms with Crippen LogP contribution in [0, 0.1) is 0 Å². The second-order valence-electron chi connectivity index (χ2n) is 5.46. The van der Waals surface area contributed by atoms with Gasteiger partial charge in [0.2, 0.25) is 5.95 Å². The highest BCUT2D eigenvalue weighted by molar-refractivity contribution is 6.03. The number of hydrogen-bond donors (Lipinski definition) is 1. The van der Waals surface area contributed by atoms with E-state index in [2.05, 4.69) is 22.2 Å². The maximum atomic E-state index is 12.2. The lowest BCUT2D eigenvalue weighted by atomic mass is 10.2. The zero-order chi connectivity index (χ0) is 17.4. The van der Waals surface area contributed by atoms with E-state index in [0.717, 1.165) is 25.1 Å². The van der Waals surface area contributed by atoms with Crippen molar-refractivity contribution in [3.05, 3.63) is 42.2 Å². The molecular weight excluding hydrogens is 304 g/mol. The molecule has 2 rings (SSSR count). The monoisotopic (exact) mass is 328 g/mol. The van der Waals surface area contributed by atoms with Crippen LogP contribution < -0.4 is 15.0 Å². The fourth-order valence-electron chi connectivity index (χ4n) is 2.14. The van der Waals surface area contributed by atoms with Crippen LogP contribution in [0.25, 0.3) is 0 Å². The van der Waals surface area contributed by atoms with Crippen LogP contribution in [0.2, 0.25) is 0 Å². The largest absolute Gasteiger partial charge is 0.494 e. The third-order valence-corrected chi connectivity index (χ3v) is 3.51. The van der Waals surface area contributed by atoms with Crippen LogP contribution in [-0.4, -0.2) is 36.1 Å². The van der Waals surface area contributed by atoms with E-state index in [1.165, 1.54) is 0 Å². The molecule has 1 N–H and O–H groups in total. The first-order chi connectivity index (χ1) is 11.6. The van der Waals surface area contributed by atoms with Crippen molar-refractivity contribution < 1.29 is 9.53 Å². The van der Waals surface area contributed by atoms with Crippen LogP contribution in [-0.2, 0) is 0 Å². The highest BCUT2D eigenvalue weighted by atomic mass is 16.5. The van der Waals surface area contributed by atoms with Crippen molar-refractivity contribution in [2.45, 2.75) is 26.7 Å². The minimum Gasteiger partial charge on any atom is -0.494 e. The summed E-state index contributed by atoms with van der Waals surface area (Å²) in [7, 11) is 1.95. The summed E-state index contributed by atoms with van der Waals surface area (Å²) >= 11 is 0. The lowest BCUT2D eigenvalue weighted by Crippen LogP contribution is -2.21. The first-order valence-electron chi connectivity index (χ1n) is 8.21. The second-order valence-corrected chi connectivity index (χ2v) is 5.46. The normalized spacial score (nSPS) is 10.3. The highest BCUT2D eigenvalue weighted by Gasteiger charge is 2.09. The van der Waals surface area contributed by atoms with Crippen molar-refractivity contribution in [2.75, 3.05) is 30.4 Å². The summed E-state index contributed by atoms with van der Waals surface area (Å²) in [5.41, 5.74) is 1.13. The Kier molecular flexibility index (Phi) is 6.54. The quantitative estimate of drug-likeness (QED) is 0.805. The van der Waals surface area contributed by atoms with Crippen molar-refractivity contribution in [1.29, 1.82) is 0 Å². The summed E-state index contributed by atoms with van der Waals surface area (Å²) < 4.78 is 5.38. The Morgan fingerprint density at radius 2 is 1.83 bits per heavy atom. The zero-order valence-corrected chi connectivity index (χ0v) is 14.5. The third-order valence-electron chi connectivity index (χ3n) is 3.51. The molecule has 0 aliphatic rings. The number of benzene rings is 1. The zero-order valence-electron chi connectivity index (χ0n) is 14.5. The summed E-state index contributed by atoms with van der Waals surface area (Å²) in [6.45, 7) is 5.58. The Hall–Kier alpha value is -2.63. The van der Waals surface area contributed by atoms with E-state index in [1.807, 2.05) is 31.0 Å². The van der Waals surface area contributed by atoms with Crippen LogP contribution in [0.5, 0.6) is 5.75 Å². The number of anilines is 2. The molecule has 1 heterocycles. The Labute approximate surface area is 142 Å². The molecule has 128 valence electrons. The molecule has 6 nitrogen and oxygen atoms in total. The van der Waals surface area contributed by atoms with Crippen molar-refractivity contribution >= 4 is 17.5 Å². The van der Waals surface area contributed by atoms with Crippen LogP contribution >= 0.6 is 0 Å². The van der Waals surface area contributed by atoms with Gasteiger partial charge in [-0.25, -0.2) is 9.97 Å². The third kappa shape index (κ3) is 4.94. The molecule has 0 spiro atoms. The van der Waals surface area contributed by atoms with Gasteiger partial charge in [-0.2, -0.15) is 0 Å². The Balaban J connectivity index is 1.96. The van der Waals surface area contributed by atoms with Crippen LogP contribution in [0.4, 0.5) is 11.6 Å². The Morgan fingerprint density at radius 1 is 1.17 bits per heavy atom. The molecule has 1 amide bonds. The van der Waals surface area contributed by atoms with Gasteiger partial charge in [0.05, 0.1) is 12.2 Å². The number of carbonyl (C=O) groups is 1. The summed E-state index contributed by atoms with van der Waals surface area (Å²) in [6, 6.07) is 7.25. The van der Waals surface area contributed by atoms with E-state index >= 15 is 0 Å². The molecule has 0 radical (unpaired) electrons. The number of carbonyl (C=O) groups excluding carboxylic acids is 1. The molecule has 0 saturated heterocycles. The summed E-state index contributed by atoms with van der Waals surface area (Å²) in [4.78, 5) is 22.8. The number of aromatic nitrogens is 2. The van der Waals surface area contributed by atoms with E-state index in [0.29, 0.717) is 23.8 Å². The van der Waals surface area contributed by atoms with Crippen LogP contribution in [0.15, 0.2) is 36.7 Å². The average molecular weight is 328 g/mol. The van der Waals surface area contributed by atoms with Gasteiger partial charge in [0.15, 0.2) is 0 Å². The van der Waals surface area contributed by atoms with Gasteiger partial charge in [0, 0.05) is 31.7 Å².